The molecule has 1 heterocycles. The molecule has 2 aromatic carbocycles. The zero-order chi connectivity index (χ0) is 18.7. The number of H-pyrrole nitrogens is 1. The summed E-state index contributed by atoms with van der Waals surface area (Å²) in [6.45, 7) is 0. The van der Waals surface area contributed by atoms with Crippen LogP contribution in [-0.4, -0.2) is 28.0 Å². The summed E-state index contributed by atoms with van der Waals surface area (Å²) in [5.74, 6) is -0.137. The Hall–Kier alpha value is -3.26. The minimum Gasteiger partial charge on any atom is -0.497 e. The van der Waals surface area contributed by atoms with Crippen LogP contribution in [0, 0.1) is 10.6 Å². The van der Waals surface area contributed by atoms with Gasteiger partial charge < -0.3 is 9.84 Å². The molecular formula is C18H14FN3O3S. The number of hydrogen-bond donors (Lipinski definition) is 2. The van der Waals surface area contributed by atoms with Gasteiger partial charge in [0.05, 0.1) is 18.5 Å². The van der Waals surface area contributed by atoms with Crippen molar-refractivity contribution in [1.82, 2.24) is 9.55 Å². The van der Waals surface area contributed by atoms with E-state index in [2.05, 4.69) is 9.98 Å². The third-order valence-corrected chi connectivity index (χ3v) is 3.91. The summed E-state index contributed by atoms with van der Waals surface area (Å²) in [5.41, 5.74) is 0.325. The molecule has 132 valence electrons. The molecule has 0 spiro atoms. The fourth-order valence-corrected chi connectivity index (χ4v) is 2.58. The van der Waals surface area contributed by atoms with Crippen molar-refractivity contribution in [3.63, 3.8) is 0 Å². The number of hydrogen-bond acceptors (Lipinski definition) is 5. The summed E-state index contributed by atoms with van der Waals surface area (Å²) < 4.78 is 19.4. The number of rotatable bonds is 4. The van der Waals surface area contributed by atoms with E-state index in [1.165, 1.54) is 35.0 Å². The molecule has 0 amide bonds. The molecule has 0 atom stereocenters. The van der Waals surface area contributed by atoms with E-state index in [1.54, 1.807) is 31.4 Å². The second-order valence-corrected chi connectivity index (χ2v) is 5.65. The van der Waals surface area contributed by atoms with Crippen LogP contribution in [0.3, 0.4) is 0 Å². The van der Waals surface area contributed by atoms with Crippen LogP contribution in [-0.2, 0) is 0 Å². The zero-order valence-electron chi connectivity index (χ0n) is 13.6. The van der Waals surface area contributed by atoms with Crippen molar-refractivity contribution >= 4 is 24.1 Å². The molecule has 8 heteroatoms. The van der Waals surface area contributed by atoms with Gasteiger partial charge in [-0.05, 0) is 60.7 Å². The first-order valence-corrected chi connectivity index (χ1v) is 7.93. The molecular weight excluding hydrogens is 357 g/mol. The van der Waals surface area contributed by atoms with E-state index < -0.39 is 11.4 Å². The van der Waals surface area contributed by atoms with Crippen molar-refractivity contribution in [3.8, 4) is 17.3 Å². The maximum absolute atomic E-state index is 13.1. The van der Waals surface area contributed by atoms with Crippen LogP contribution >= 0.6 is 12.2 Å². The van der Waals surface area contributed by atoms with Gasteiger partial charge >= 0.3 is 0 Å². The first-order chi connectivity index (χ1) is 12.5. The number of aromatic hydroxyl groups is 1. The smallest absolute Gasteiger partial charge is 0.264 e. The first-order valence-electron chi connectivity index (χ1n) is 7.52. The third kappa shape index (κ3) is 3.55. The lowest BCUT2D eigenvalue weighted by Gasteiger charge is -2.11. The third-order valence-electron chi connectivity index (χ3n) is 3.62. The van der Waals surface area contributed by atoms with Crippen LogP contribution in [0.5, 0.6) is 11.6 Å². The predicted molar refractivity (Wildman–Crippen MR) is 99.1 cm³/mol. The lowest BCUT2D eigenvalue weighted by Crippen LogP contribution is -2.18. The van der Waals surface area contributed by atoms with Crippen LogP contribution in [0.4, 0.5) is 10.1 Å². The fourth-order valence-electron chi connectivity index (χ4n) is 2.29. The van der Waals surface area contributed by atoms with Gasteiger partial charge in [0.2, 0.25) is 5.88 Å². The van der Waals surface area contributed by atoms with Crippen molar-refractivity contribution in [2.24, 2.45) is 4.99 Å². The molecule has 0 saturated carbocycles. The highest BCUT2D eigenvalue weighted by atomic mass is 32.1. The highest BCUT2D eigenvalue weighted by Crippen LogP contribution is 2.21. The van der Waals surface area contributed by atoms with Gasteiger partial charge in [-0.15, -0.1) is 0 Å². The van der Waals surface area contributed by atoms with Crippen LogP contribution in [0.1, 0.15) is 5.56 Å². The van der Waals surface area contributed by atoms with Gasteiger partial charge in [0.15, 0.2) is 4.77 Å². The molecule has 0 saturated heterocycles. The summed E-state index contributed by atoms with van der Waals surface area (Å²) in [4.78, 5) is 18.8. The Labute approximate surface area is 152 Å². The number of aromatic nitrogens is 2. The standard InChI is InChI=1S/C18H14FN3O3S/c1-25-14-8-4-12(5-9-14)20-10-15-16(23)21-18(26)22(17(15)24)13-6-2-11(19)3-7-13/h2-10,24H,1H3,(H,21,23,26). The van der Waals surface area contributed by atoms with Gasteiger partial charge in [-0.25, -0.2) is 4.39 Å². The van der Waals surface area contributed by atoms with E-state index in [1.807, 2.05) is 0 Å². The Bertz CT molecular complexity index is 1070. The molecule has 0 aliphatic rings. The second kappa shape index (κ2) is 7.32. The molecule has 26 heavy (non-hydrogen) atoms. The fraction of sp³-hybridized carbons (Fsp3) is 0.0556. The molecule has 1 aromatic heterocycles. The monoisotopic (exact) mass is 371 g/mol. The number of nitrogens with zero attached hydrogens (tertiary/aromatic N) is 2. The van der Waals surface area contributed by atoms with Crippen molar-refractivity contribution in [3.05, 3.63) is 75.0 Å². The Kier molecular flexibility index (Phi) is 4.94. The Morgan fingerprint density at radius 2 is 1.85 bits per heavy atom. The van der Waals surface area contributed by atoms with Gasteiger partial charge in [-0.2, -0.15) is 0 Å². The number of nitrogens with one attached hydrogen (secondary N) is 1. The number of benzene rings is 2. The van der Waals surface area contributed by atoms with Crippen LogP contribution in [0.25, 0.3) is 5.69 Å². The Morgan fingerprint density at radius 3 is 2.46 bits per heavy atom. The van der Waals surface area contributed by atoms with E-state index in [-0.39, 0.29) is 16.2 Å². The largest absolute Gasteiger partial charge is 0.497 e. The molecule has 2 N–H and O–H groups in total. The first kappa shape index (κ1) is 17.6. The van der Waals surface area contributed by atoms with Crippen LogP contribution in [0.15, 0.2) is 58.3 Å². The molecule has 6 nitrogen and oxygen atoms in total. The molecule has 3 rings (SSSR count). The average Bonchev–Trinajstić information content (AvgIpc) is 2.63. The molecule has 0 bridgehead atoms. The minimum absolute atomic E-state index is 0.0132. The summed E-state index contributed by atoms with van der Waals surface area (Å²) in [5, 5.41) is 10.5. The van der Waals surface area contributed by atoms with E-state index in [9.17, 15) is 14.3 Å². The van der Waals surface area contributed by atoms with Crippen molar-refractivity contribution in [2.45, 2.75) is 0 Å². The normalized spacial score (nSPS) is 11.0. The topological polar surface area (TPSA) is 79.6 Å². The quantitative estimate of drug-likeness (QED) is 0.543. The molecule has 3 aromatic rings. The van der Waals surface area contributed by atoms with Gasteiger partial charge in [0, 0.05) is 6.21 Å². The predicted octanol–water partition coefficient (Wildman–Crippen LogP) is 3.50. The van der Waals surface area contributed by atoms with Gasteiger partial charge in [-0.1, -0.05) is 0 Å². The second-order valence-electron chi connectivity index (χ2n) is 5.26. The number of methoxy groups -OCH3 is 1. The van der Waals surface area contributed by atoms with E-state index in [0.29, 0.717) is 17.1 Å². The van der Waals surface area contributed by atoms with E-state index >= 15 is 0 Å². The maximum atomic E-state index is 13.1. The molecule has 0 aliphatic heterocycles. The number of aromatic amines is 1. The zero-order valence-corrected chi connectivity index (χ0v) is 14.5. The molecule has 0 radical (unpaired) electrons. The van der Waals surface area contributed by atoms with Gasteiger partial charge in [0.1, 0.15) is 17.1 Å². The van der Waals surface area contributed by atoms with Gasteiger partial charge in [0.25, 0.3) is 5.56 Å². The van der Waals surface area contributed by atoms with E-state index in [4.69, 9.17) is 17.0 Å². The maximum Gasteiger partial charge on any atom is 0.264 e. The highest BCUT2D eigenvalue weighted by molar-refractivity contribution is 7.71. The van der Waals surface area contributed by atoms with Crippen molar-refractivity contribution in [1.29, 1.82) is 0 Å². The SMILES string of the molecule is COc1ccc(N=Cc2c(O)n(-c3ccc(F)cc3)c(=S)[nH]c2=O)cc1. The summed E-state index contributed by atoms with van der Waals surface area (Å²) in [6.07, 6.45) is 1.24. The van der Waals surface area contributed by atoms with Crippen LogP contribution < -0.4 is 10.3 Å². The molecule has 0 unspecified atom stereocenters. The average molecular weight is 371 g/mol. The van der Waals surface area contributed by atoms with Crippen molar-refractivity contribution in [2.75, 3.05) is 7.11 Å². The molecule has 0 aliphatic carbocycles. The number of ether oxygens (including phenoxy) is 1. The Balaban J connectivity index is 2.05. The lowest BCUT2D eigenvalue weighted by molar-refractivity contribution is 0.415. The Morgan fingerprint density at radius 1 is 1.19 bits per heavy atom. The van der Waals surface area contributed by atoms with Crippen LogP contribution in [0.2, 0.25) is 0 Å². The molecule has 0 fully saturated rings. The summed E-state index contributed by atoms with van der Waals surface area (Å²) >= 11 is 5.10. The lowest BCUT2D eigenvalue weighted by atomic mass is 10.2. The van der Waals surface area contributed by atoms with Gasteiger partial charge in [-0.3, -0.25) is 19.3 Å². The summed E-state index contributed by atoms with van der Waals surface area (Å²) in [7, 11) is 1.56. The minimum atomic E-state index is -0.580. The highest BCUT2D eigenvalue weighted by Gasteiger charge is 2.12. The number of halogens is 1. The van der Waals surface area contributed by atoms with E-state index in [0.717, 1.165) is 0 Å². The summed E-state index contributed by atoms with van der Waals surface area (Å²) in [6, 6.07) is 12.2. The van der Waals surface area contributed by atoms with Crippen molar-refractivity contribution < 1.29 is 14.2 Å². The number of aliphatic imine (C=N–C) groups is 1.